The van der Waals surface area contributed by atoms with Crippen molar-refractivity contribution in [3.63, 3.8) is 0 Å². The average Bonchev–Trinajstić information content (AvgIpc) is 3.51. The van der Waals surface area contributed by atoms with Crippen molar-refractivity contribution in [1.29, 1.82) is 0 Å². The van der Waals surface area contributed by atoms with Crippen LogP contribution < -0.4 is 14.5 Å². The van der Waals surface area contributed by atoms with Crippen LogP contribution in [0.3, 0.4) is 0 Å². The average molecular weight is 975 g/mol. The summed E-state index contributed by atoms with van der Waals surface area (Å²) >= 11 is 0. The van der Waals surface area contributed by atoms with Gasteiger partial charge in [0.1, 0.15) is 0 Å². The molecule has 7 nitrogen and oxygen atoms in total. The van der Waals surface area contributed by atoms with Crippen LogP contribution in [0.2, 0.25) is 0 Å². The quantitative estimate of drug-likeness (QED) is 0.143. The Morgan fingerprint density at radius 2 is 0.618 bits per heavy atom. The molecule has 358 valence electrons. The molecule has 0 fully saturated rings. The van der Waals surface area contributed by atoms with Gasteiger partial charge in [0, 0.05) is 62.6 Å². The first-order chi connectivity index (χ1) is 37.7. The van der Waals surface area contributed by atoms with E-state index in [0.717, 1.165) is 119 Å². The SMILES string of the molecule is c1ccc(-c2cc(-c3cc(N4c5ccccc5Cc5ccccc54)ccc3-c3ccc(N4c5ccccc5Oc5ccccc54)cc3-c3cc(-c4ccccc4)nc(-c4ccccc4)n3)nc(-c3ccccc3)n2)cc1. The molecule has 0 amide bonds. The van der Waals surface area contributed by atoms with Gasteiger partial charge in [-0.3, -0.25) is 0 Å². The fourth-order valence-corrected chi connectivity index (χ4v) is 10.7. The van der Waals surface area contributed by atoms with E-state index in [-0.39, 0.29) is 0 Å². The molecule has 7 heteroatoms. The lowest BCUT2D eigenvalue weighted by Crippen LogP contribution is -2.18. The summed E-state index contributed by atoms with van der Waals surface area (Å²) in [7, 11) is 0. The molecule has 4 heterocycles. The number of aromatic nitrogens is 4. The summed E-state index contributed by atoms with van der Waals surface area (Å²) in [5, 5.41) is 0. The molecule has 2 aromatic heterocycles. The zero-order chi connectivity index (χ0) is 50.4. The van der Waals surface area contributed by atoms with Crippen molar-refractivity contribution in [3.05, 3.63) is 278 Å². The highest BCUT2D eigenvalue weighted by atomic mass is 16.5. The van der Waals surface area contributed by atoms with Crippen LogP contribution in [-0.2, 0) is 6.42 Å². The highest BCUT2D eigenvalue weighted by molar-refractivity contribution is 5.98. The topological polar surface area (TPSA) is 67.3 Å². The highest BCUT2D eigenvalue weighted by Crippen LogP contribution is 2.53. The maximum absolute atomic E-state index is 6.54. The van der Waals surface area contributed by atoms with Gasteiger partial charge >= 0.3 is 0 Å². The molecule has 0 spiro atoms. The van der Waals surface area contributed by atoms with E-state index >= 15 is 0 Å². The van der Waals surface area contributed by atoms with Gasteiger partial charge in [-0.2, -0.15) is 0 Å². The molecule has 0 bridgehead atoms. The van der Waals surface area contributed by atoms with Crippen molar-refractivity contribution in [2.75, 3.05) is 9.80 Å². The molecule has 10 aromatic carbocycles. The lowest BCUT2D eigenvalue weighted by Gasteiger charge is -2.34. The molecule has 0 saturated carbocycles. The Hall–Kier alpha value is -10.2. The van der Waals surface area contributed by atoms with Crippen LogP contribution in [0, 0.1) is 0 Å². The zero-order valence-corrected chi connectivity index (χ0v) is 41.2. The van der Waals surface area contributed by atoms with Gasteiger partial charge in [0.2, 0.25) is 0 Å². The summed E-state index contributed by atoms with van der Waals surface area (Å²) in [5.74, 6) is 2.82. The maximum atomic E-state index is 6.54. The summed E-state index contributed by atoms with van der Waals surface area (Å²) < 4.78 is 6.54. The molecular weight excluding hydrogens is 929 g/mol. The van der Waals surface area contributed by atoms with Crippen molar-refractivity contribution in [2.24, 2.45) is 0 Å². The van der Waals surface area contributed by atoms with E-state index in [1.54, 1.807) is 0 Å². The van der Waals surface area contributed by atoms with E-state index < -0.39 is 0 Å². The van der Waals surface area contributed by atoms with Crippen LogP contribution in [0.15, 0.2) is 267 Å². The van der Waals surface area contributed by atoms with Crippen LogP contribution in [0.4, 0.5) is 34.1 Å². The Balaban J connectivity index is 1.07. The fourth-order valence-electron chi connectivity index (χ4n) is 10.7. The normalized spacial score (nSPS) is 12.2. The predicted molar refractivity (Wildman–Crippen MR) is 308 cm³/mol. The second kappa shape index (κ2) is 19.0. The first-order valence-corrected chi connectivity index (χ1v) is 25.6. The van der Waals surface area contributed by atoms with Crippen molar-refractivity contribution in [1.82, 2.24) is 19.9 Å². The van der Waals surface area contributed by atoms with E-state index in [9.17, 15) is 0 Å². The number of hydrogen-bond donors (Lipinski definition) is 0. The third kappa shape index (κ3) is 8.13. The minimum absolute atomic E-state index is 0.629. The molecule has 76 heavy (non-hydrogen) atoms. The molecule has 12 aromatic rings. The minimum Gasteiger partial charge on any atom is -0.453 e. The number of hydrogen-bond acceptors (Lipinski definition) is 7. The number of nitrogens with zero attached hydrogens (tertiary/aromatic N) is 6. The molecule has 14 rings (SSSR count). The third-order valence-corrected chi connectivity index (χ3v) is 14.3. The van der Waals surface area contributed by atoms with Gasteiger partial charge in [-0.1, -0.05) is 194 Å². The molecule has 2 aliphatic rings. The Morgan fingerprint density at radius 1 is 0.276 bits per heavy atom. The van der Waals surface area contributed by atoms with Crippen LogP contribution in [0.5, 0.6) is 11.5 Å². The molecule has 0 aliphatic carbocycles. The second-order valence-corrected chi connectivity index (χ2v) is 19.0. The van der Waals surface area contributed by atoms with Crippen LogP contribution in [0.1, 0.15) is 11.1 Å². The molecule has 0 saturated heterocycles. The summed E-state index contributed by atoms with van der Waals surface area (Å²) in [6.45, 7) is 0. The molecule has 0 atom stereocenters. The summed E-state index contributed by atoms with van der Waals surface area (Å²) in [5.41, 5.74) is 19.5. The summed E-state index contributed by atoms with van der Waals surface area (Å²) in [6, 6.07) is 93.0. The largest absolute Gasteiger partial charge is 0.453 e. The molecule has 0 N–H and O–H groups in total. The third-order valence-electron chi connectivity index (χ3n) is 14.3. The second-order valence-electron chi connectivity index (χ2n) is 19.0. The number of anilines is 6. The molecular formula is C69H46N6O. The fraction of sp³-hybridized carbons (Fsp3) is 0.0145. The summed E-state index contributed by atoms with van der Waals surface area (Å²) in [4.78, 5) is 26.3. The van der Waals surface area contributed by atoms with Crippen molar-refractivity contribution in [3.8, 4) is 90.4 Å². The summed E-state index contributed by atoms with van der Waals surface area (Å²) in [6.07, 6.45) is 0.850. The van der Waals surface area contributed by atoms with Gasteiger partial charge in [0.25, 0.3) is 0 Å². The van der Waals surface area contributed by atoms with Gasteiger partial charge in [-0.05, 0) is 95.1 Å². The van der Waals surface area contributed by atoms with E-state index in [0.29, 0.717) is 11.6 Å². The molecule has 0 unspecified atom stereocenters. The maximum Gasteiger partial charge on any atom is 0.160 e. The molecule has 2 aliphatic heterocycles. The standard InChI is InChI=1S/C69H46N6O/c1-5-21-46(22-6-1)58-44-60(72-68(70-58)48-25-9-3-10-26-48)56-42-52(74-62-31-15-13-29-50(62)41-51-30-14-16-32-63(51)74)37-39-54(56)55-40-38-53(75-64-33-17-19-35-66(64)76-67-36-20-18-34-65(67)75)43-57(55)61-45-59(47-23-7-2-8-24-47)71-69(73-61)49-27-11-4-12-28-49/h1-40,42-45H,41H2. The Labute approximate surface area is 441 Å². The van der Waals surface area contributed by atoms with Crippen molar-refractivity contribution >= 4 is 34.1 Å². The van der Waals surface area contributed by atoms with Gasteiger partial charge in [0.05, 0.1) is 34.2 Å². The Bertz CT molecular complexity index is 3650. The van der Waals surface area contributed by atoms with E-state index in [2.05, 4.69) is 204 Å². The first-order valence-electron chi connectivity index (χ1n) is 25.6. The zero-order valence-electron chi connectivity index (χ0n) is 41.2. The minimum atomic E-state index is 0.629. The number of ether oxygens (including phenoxy) is 1. The van der Waals surface area contributed by atoms with Crippen LogP contribution in [-0.4, -0.2) is 19.9 Å². The lowest BCUT2D eigenvalue weighted by molar-refractivity contribution is 0.477. The van der Waals surface area contributed by atoms with Gasteiger partial charge in [-0.25, -0.2) is 19.9 Å². The first kappa shape index (κ1) is 44.5. The number of benzene rings is 10. The monoisotopic (exact) mass is 974 g/mol. The van der Waals surface area contributed by atoms with E-state index in [4.69, 9.17) is 24.7 Å². The van der Waals surface area contributed by atoms with E-state index in [1.165, 1.54) is 11.1 Å². The van der Waals surface area contributed by atoms with Gasteiger partial charge in [-0.15, -0.1) is 0 Å². The highest BCUT2D eigenvalue weighted by Gasteiger charge is 2.29. The Morgan fingerprint density at radius 3 is 1.05 bits per heavy atom. The van der Waals surface area contributed by atoms with Crippen molar-refractivity contribution < 1.29 is 4.74 Å². The smallest absolute Gasteiger partial charge is 0.160 e. The number of fused-ring (bicyclic) bond motifs is 4. The lowest BCUT2D eigenvalue weighted by atomic mass is 9.89. The molecule has 0 radical (unpaired) electrons. The van der Waals surface area contributed by atoms with Gasteiger partial charge < -0.3 is 14.5 Å². The predicted octanol–water partition coefficient (Wildman–Crippen LogP) is 17.9. The van der Waals surface area contributed by atoms with Crippen molar-refractivity contribution in [2.45, 2.75) is 6.42 Å². The Kier molecular flexibility index (Phi) is 11.1. The van der Waals surface area contributed by atoms with Gasteiger partial charge in [0.15, 0.2) is 23.1 Å². The van der Waals surface area contributed by atoms with Crippen LogP contribution in [0.25, 0.3) is 78.9 Å². The van der Waals surface area contributed by atoms with E-state index in [1.807, 2.05) is 72.8 Å². The number of rotatable bonds is 9. The number of para-hydroxylation sites is 6. The van der Waals surface area contributed by atoms with Crippen LogP contribution >= 0.6 is 0 Å².